The molecule has 2 N–H and O–H groups in total. The molecule has 7 nitrogen and oxygen atoms in total. The molecular formula is C16H18N4O3S. The molecule has 2 heterocycles. The Kier molecular flexibility index (Phi) is 4.57. The van der Waals surface area contributed by atoms with E-state index in [2.05, 4.69) is 16.8 Å². The van der Waals surface area contributed by atoms with E-state index in [1.165, 1.54) is 6.07 Å². The van der Waals surface area contributed by atoms with E-state index < -0.39 is 5.91 Å². The van der Waals surface area contributed by atoms with Crippen molar-refractivity contribution in [3.05, 3.63) is 38.8 Å². The molecule has 126 valence electrons. The fourth-order valence-electron chi connectivity index (χ4n) is 2.87. The van der Waals surface area contributed by atoms with Gasteiger partial charge in [-0.15, -0.1) is 0 Å². The predicted octanol–water partition coefficient (Wildman–Crippen LogP) is 2.76. The number of nitrogens with zero attached hydrogens (tertiary/aromatic N) is 3. The molecule has 1 fully saturated rings. The summed E-state index contributed by atoms with van der Waals surface area (Å²) in [6.07, 6.45) is 3.65. The summed E-state index contributed by atoms with van der Waals surface area (Å²) in [7, 11) is 0. The second-order valence-corrected chi connectivity index (χ2v) is 7.10. The molecule has 0 radical (unpaired) electrons. The molecule has 0 aromatic heterocycles. The Balaban J connectivity index is 1.89. The van der Waals surface area contributed by atoms with Crippen molar-refractivity contribution in [2.24, 2.45) is 16.6 Å². The third-order valence-corrected chi connectivity index (χ3v) is 5.07. The summed E-state index contributed by atoms with van der Waals surface area (Å²) in [4.78, 5) is 28.8. The number of nitrogens with two attached hydrogens (primary N) is 1. The number of hydrogen-bond acceptors (Lipinski definition) is 6. The highest BCUT2D eigenvalue weighted by Crippen LogP contribution is 2.34. The van der Waals surface area contributed by atoms with Crippen LogP contribution in [0.3, 0.4) is 0 Å². The molecule has 1 saturated heterocycles. The SMILES string of the molecule is CC1CCN(c2ccc(C=C3SC(N)=NC3=O)cc2[N+](=O)[O-])CC1. The van der Waals surface area contributed by atoms with Crippen LogP contribution in [-0.4, -0.2) is 29.1 Å². The molecule has 1 aromatic rings. The normalized spacial score (nSPS) is 20.5. The lowest BCUT2D eigenvalue weighted by molar-refractivity contribution is -0.384. The lowest BCUT2D eigenvalue weighted by Crippen LogP contribution is -2.33. The van der Waals surface area contributed by atoms with Crippen molar-refractivity contribution in [1.82, 2.24) is 0 Å². The highest BCUT2D eigenvalue weighted by atomic mass is 32.2. The zero-order valence-corrected chi connectivity index (χ0v) is 14.1. The fourth-order valence-corrected chi connectivity index (χ4v) is 3.55. The number of thioether (sulfide) groups is 1. The number of carbonyl (C=O) groups excluding carboxylic acids is 1. The maximum absolute atomic E-state index is 11.7. The Hall–Kier alpha value is -2.35. The summed E-state index contributed by atoms with van der Waals surface area (Å²) in [5.41, 5.74) is 6.80. The predicted molar refractivity (Wildman–Crippen MR) is 95.9 cm³/mol. The third kappa shape index (κ3) is 3.43. The molecule has 0 atom stereocenters. The van der Waals surface area contributed by atoms with E-state index in [0.717, 1.165) is 37.7 Å². The highest BCUT2D eigenvalue weighted by molar-refractivity contribution is 8.18. The van der Waals surface area contributed by atoms with Crippen LogP contribution in [0.25, 0.3) is 6.08 Å². The summed E-state index contributed by atoms with van der Waals surface area (Å²) >= 11 is 1.07. The van der Waals surface area contributed by atoms with Crippen LogP contribution in [0.15, 0.2) is 28.1 Å². The Morgan fingerprint density at radius 3 is 2.71 bits per heavy atom. The van der Waals surface area contributed by atoms with Gasteiger partial charge in [0.05, 0.1) is 9.83 Å². The first-order valence-corrected chi connectivity index (χ1v) is 8.57. The number of amides is 1. The average Bonchev–Trinajstić information content (AvgIpc) is 2.85. The Labute approximate surface area is 143 Å². The number of hydrogen-bond donors (Lipinski definition) is 1. The number of aliphatic imine (C=N–C) groups is 1. The molecule has 0 bridgehead atoms. The van der Waals surface area contributed by atoms with Gasteiger partial charge in [-0.1, -0.05) is 13.0 Å². The van der Waals surface area contributed by atoms with E-state index in [4.69, 9.17) is 5.73 Å². The van der Waals surface area contributed by atoms with Gasteiger partial charge in [0.1, 0.15) is 5.69 Å². The topological polar surface area (TPSA) is 102 Å². The Bertz CT molecular complexity index is 752. The standard InChI is InChI=1S/C16H18N4O3S/c1-10-4-6-19(7-5-10)12-3-2-11(8-13(12)20(22)23)9-14-15(21)18-16(17)24-14/h2-3,8-10H,4-7H2,1H3,(H2,17,18,21). The summed E-state index contributed by atoms with van der Waals surface area (Å²) in [5, 5.41) is 11.7. The van der Waals surface area contributed by atoms with Gasteiger partial charge in [-0.05, 0) is 48.2 Å². The monoisotopic (exact) mass is 346 g/mol. The maximum Gasteiger partial charge on any atom is 0.293 e. The smallest absolute Gasteiger partial charge is 0.293 e. The van der Waals surface area contributed by atoms with Crippen molar-refractivity contribution in [3.63, 3.8) is 0 Å². The van der Waals surface area contributed by atoms with Crippen LogP contribution in [0.4, 0.5) is 11.4 Å². The number of nitro groups is 1. The van der Waals surface area contributed by atoms with Gasteiger partial charge >= 0.3 is 0 Å². The van der Waals surface area contributed by atoms with E-state index in [9.17, 15) is 14.9 Å². The summed E-state index contributed by atoms with van der Waals surface area (Å²) in [5.74, 6) is 0.245. The second kappa shape index (κ2) is 6.64. The van der Waals surface area contributed by atoms with Gasteiger partial charge in [-0.2, -0.15) is 4.99 Å². The molecule has 8 heteroatoms. The van der Waals surface area contributed by atoms with Crippen LogP contribution in [0.5, 0.6) is 0 Å². The number of benzene rings is 1. The van der Waals surface area contributed by atoms with Crippen LogP contribution < -0.4 is 10.6 Å². The van der Waals surface area contributed by atoms with Crippen LogP contribution in [0.1, 0.15) is 25.3 Å². The molecular weight excluding hydrogens is 328 g/mol. The van der Waals surface area contributed by atoms with Gasteiger partial charge in [0.15, 0.2) is 5.17 Å². The first-order chi connectivity index (χ1) is 11.4. The van der Waals surface area contributed by atoms with Crippen LogP contribution in [-0.2, 0) is 4.79 Å². The molecule has 24 heavy (non-hydrogen) atoms. The van der Waals surface area contributed by atoms with Gasteiger partial charge in [-0.25, -0.2) is 0 Å². The van der Waals surface area contributed by atoms with Gasteiger partial charge in [0.25, 0.3) is 11.6 Å². The van der Waals surface area contributed by atoms with E-state index >= 15 is 0 Å². The van der Waals surface area contributed by atoms with Crippen molar-refractivity contribution in [1.29, 1.82) is 0 Å². The first kappa shape index (κ1) is 16.5. The van der Waals surface area contributed by atoms with Crippen molar-refractivity contribution >= 4 is 40.3 Å². The van der Waals surface area contributed by atoms with E-state index in [1.54, 1.807) is 18.2 Å². The van der Waals surface area contributed by atoms with E-state index in [1.807, 2.05) is 0 Å². The molecule has 0 aliphatic carbocycles. The number of rotatable bonds is 3. The molecule has 2 aliphatic rings. The van der Waals surface area contributed by atoms with Crippen molar-refractivity contribution < 1.29 is 9.72 Å². The van der Waals surface area contributed by atoms with Gasteiger partial charge in [0, 0.05) is 19.2 Å². The minimum absolute atomic E-state index is 0.0586. The van der Waals surface area contributed by atoms with Crippen molar-refractivity contribution in [2.75, 3.05) is 18.0 Å². The molecule has 0 unspecified atom stereocenters. The van der Waals surface area contributed by atoms with Crippen molar-refractivity contribution in [3.8, 4) is 0 Å². The lowest BCUT2D eigenvalue weighted by atomic mass is 9.98. The Morgan fingerprint density at radius 1 is 1.42 bits per heavy atom. The van der Waals surface area contributed by atoms with Crippen LogP contribution >= 0.6 is 11.8 Å². The van der Waals surface area contributed by atoms with Crippen molar-refractivity contribution in [2.45, 2.75) is 19.8 Å². The Morgan fingerprint density at radius 2 is 2.12 bits per heavy atom. The number of anilines is 1. The highest BCUT2D eigenvalue weighted by Gasteiger charge is 2.24. The summed E-state index contributed by atoms with van der Waals surface area (Å²) < 4.78 is 0. The lowest BCUT2D eigenvalue weighted by Gasteiger charge is -2.31. The van der Waals surface area contributed by atoms with E-state index in [-0.39, 0.29) is 15.8 Å². The minimum Gasteiger partial charge on any atom is -0.378 e. The zero-order valence-electron chi connectivity index (χ0n) is 13.3. The molecule has 1 aromatic carbocycles. The number of piperidine rings is 1. The largest absolute Gasteiger partial charge is 0.378 e. The van der Waals surface area contributed by atoms with Gasteiger partial charge < -0.3 is 10.6 Å². The minimum atomic E-state index is -0.408. The fraction of sp³-hybridized carbons (Fsp3) is 0.375. The zero-order chi connectivity index (χ0) is 17.3. The summed E-state index contributed by atoms with van der Waals surface area (Å²) in [6.45, 7) is 3.84. The average molecular weight is 346 g/mol. The maximum atomic E-state index is 11.7. The summed E-state index contributed by atoms with van der Waals surface area (Å²) in [6, 6.07) is 5.05. The number of amidine groups is 1. The molecule has 0 spiro atoms. The molecule has 1 amide bonds. The molecule has 2 aliphatic heterocycles. The van der Waals surface area contributed by atoms with Crippen LogP contribution in [0, 0.1) is 16.0 Å². The number of carbonyl (C=O) groups is 1. The number of nitro benzene ring substituents is 1. The second-order valence-electron chi connectivity index (χ2n) is 6.04. The molecule has 3 rings (SSSR count). The van der Waals surface area contributed by atoms with Crippen LogP contribution in [0.2, 0.25) is 0 Å². The molecule has 0 saturated carbocycles. The van der Waals surface area contributed by atoms with Gasteiger partial charge in [-0.3, -0.25) is 14.9 Å². The third-order valence-electron chi connectivity index (χ3n) is 4.26. The van der Waals surface area contributed by atoms with E-state index in [0.29, 0.717) is 22.1 Å². The first-order valence-electron chi connectivity index (χ1n) is 7.75. The quantitative estimate of drug-likeness (QED) is 0.513. The van der Waals surface area contributed by atoms with Gasteiger partial charge in [0.2, 0.25) is 0 Å².